The van der Waals surface area contributed by atoms with Gasteiger partial charge in [0.2, 0.25) is 0 Å². The molecule has 142 valence electrons. The lowest BCUT2D eigenvalue weighted by molar-refractivity contribution is -0.148. The van der Waals surface area contributed by atoms with Crippen LogP contribution in [-0.2, 0) is 27.2 Å². The highest BCUT2D eigenvalue weighted by Crippen LogP contribution is 2.29. The molecular weight excluding hydrogens is 350 g/mol. The predicted molar refractivity (Wildman–Crippen MR) is 109 cm³/mol. The van der Waals surface area contributed by atoms with E-state index in [1.165, 1.54) is 11.1 Å². The zero-order valence-electron chi connectivity index (χ0n) is 15.7. The standard InChI is InChI=1S/C24H23NO3/c26-23(25-22-14-6-10-18-8-2-4-13-21(18)22)16-28-24(27)15-19-11-5-9-17-7-1-3-12-20(17)19/h1-5,7-9,11-13,22H,6,10,14-16H2,(H,25,26)/t22-/m0/s1. The molecule has 0 aromatic heterocycles. The van der Waals surface area contributed by atoms with E-state index in [1.807, 2.05) is 54.6 Å². The number of esters is 1. The van der Waals surface area contributed by atoms with Gasteiger partial charge in [0.05, 0.1) is 12.5 Å². The van der Waals surface area contributed by atoms with Gasteiger partial charge in [-0.1, -0.05) is 66.7 Å². The van der Waals surface area contributed by atoms with E-state index in [1.54, 1.807) is 0 Å². The van der Waals surface area contributed by atoms with Gasteiger partial charge in [-0.2, -0.15) is 0 Å². The first-order chi connectivity index (χ1) is 13.7. The lowest BCUT2D eigenvalue weighted by Gasteiger charge is -2.26. The highest BCUT2D eigenvalue weighted by atomic mass is 16.5. The number of aryl methyl sites for hydroxylation is 1. The number of carbonyl (C=O) groups is 2. The third-order valence-electron chi connectivity index (χ3n) is 5.28. The zero-order valence-corrected chi connectivity index (χ0v) is 15.7. The predicted octanol–water partition coefficient (Wildman–Crippen LogP) is 4.12. The van der Waals surface area contributed by atoms with Crippen molar-refractivity contribution in [3.63, 3.8) is 0 Å². The van der Waals surface area contributed by atoms with Crippen molar-refractivity contribution in [3.05, 3.63) is 83.4 Å². The Balaban J connectivity index is 1.33. The third-order valence-corrected chi connectivity index (χ3v) is 5.28. The second kappa shape index (κ2) is 8.26. The normalized spacial score (nSPS) is 15.6. The molecule has 0 saturated heterocycles. The number of carbonyl (C=O) groups excluding carboxylic acids is 2. The van der Waals surface area contributed by atoms with E-state index in [-0.39, 0.29) is 25.0 Å². The van der Waals surface area contributed by atoms with Crippen molar-refractivity contribution in [2.24, 2.45) is 0 Å². The smallest absolute Gasteiger partial charge is 0.310 e. The van der Waals surface area contributed by atoms with E-state index in [0.29, 0.717) is 0 Å². The van der Waals surface area contributed by atoms with E-state index in [4.69, 9.17) is 4.74 Å². The van der Waals surface area contributed by atoms with Gasteiger partial charge >= 0.3 is 5.97 Å². The first-order valence-corrected chi connectivity index (χ1v) is 9.70. The average molecular weight is 373 g/mol. The van der Waals surface area contributed by atoms with Crippen molar-refractivity contribution < 1.29 is 14.3 Å². The summed E-state index contributed by atoms with van der Waals surface area (Å²) in [6, 6.07) is 22.0. The maximum absolute atomic E-state index is 12.3. The Kier molecular flexibility index (Phi) is 5.38. The van der Waals surface area contributed by atoms with E-state index in [0.717, 1.165) is 35.6 Å². The van der Waals surface area contributed by atoms with Crippen molar-refractivity contribution in [1.82, 2.24) is 5.32 Å². The fourth-order valence-corrected chi connectivity index (χ4v) is 3.94. The summed E-state index contributed by atoms with van der Waals surface area (Å²) in [7, 11) is 0. The van der Waals surface area contributed by atoms with Crippen LogP contribution in [0.1, 0.15) is 35.6 Å². The molecule has 0 fully saturated rings. The number of fused-ring (bicyclic) bond motifs is 2. The zero-order chi connectivity index (χ0) is 19.3. The Morgan fingerprint density at radius 3 is 2.68 bits per heavy atom. The molecule has 1 N–H and O–H groups in total. The molecule has 0 radical (unpaired) electrons. The summed E-state index contributed by atoms with van der Waals surface area (Å²) in [6.07, 6.45) is 3.15. The number of ether oxygens (including phenoxy) is 1. The van der Waals surface area contributed by atoms with Crippen LogP contribution < -0.4 is 5.32 Å². The number of nitrogens with one attached hydrogen (secondary N) is 1. The van der Waals surface area contributed by atoms with Gasteiger partial charge in [0.1, 0.15) is 0 Å². The second-order valence-electron chi connectivity index (χ2n) is 7.19. The Hall–Kier alpha value is -3.14. The van der Waals surface area contributed by atoms with Crippen LogP contribution in [0, 0.1) is 0 Å². The van der Waals surface area contributed by atoms with Crippen LogP contribution in [0.25, 0.3) is 10.8 Å². The van der Waals surface area contributed by atoms with Gasteiger partial charge in [-0.25, -0.2) is 0 Å². The monoisotopic (exact) mass is 373 g/mol. The van der Waals surface area contributed by atoms with Crippen molar-refractivity contribution in [3.8, 4) is 0 Å². The van der Waals surface area contributed by atoms with Crippen LogP contribution in [-0.4, -0.2) is 18.5 Å². The Bertz CT molecular complexity index is 1010. The quantitative estimate of drug-likeness (QED) is 0.685. The van der Waals surface area contributed by atoms with Gasteiger partial charge in [-0.15, -0.1) is 0 Å². The highest BCUT2D eigenvalue weighted by molar-refractivity contribution is 5.89. The summed E-state index contributed by atoms with van der Waals surface area (Å²) in [6.45, 7) is -0.248. The van der Waals surface area contributed by atoms with Gasteiger partial charge in [-0.3, -0.25) is 9.59 Å². The van der Waals surface area contributed by atoms with Crippen molar-refractivity contribution in [1.29, 1.82) is 0 Å². The summed E-state index contributed by atoms with van der Waals surface area (Å²) in [5.41, 5.74) is 3.36. The lowest BCUT2D eigenvalue weighted by Crippen LogP contribution is -2.34. The van der Waals surface area contributed by atoms with E-state index in [2.05, 4.69) is 17.4 Å². The molecule has 0 aliphatic heterocycles. The summed E-state index contributed by atoms with van der Waals surface area (Å²) in [5.74, 6) is -0.650. The van der Waals surface area contributed by atoms with Crippen LogP contribution in [0.5, 0.6) is 0 Å². The molecule has 28 heavy (non-hydrogen) atoms. The van der Waals surface area contributed by atoms with E-state index >= 15 is 0 Å². The van der Waals surface area contributed by atoms with Crippen LogP contribution in [0.4, 0.5) is 0 Å². The molecular formula is C24H23NO3. The third kappa shape index (κ3) is 4.06. The van der Waals surface area contributed by atoms with Crippen LogP contribution >= 0.6 is 0 Å². The van der Waals surface area contributed by atoms with Gasteiger partial charge in [0.15, 0.2) is 6.61 Å². The SMILES string of the molecule is O=C(COC(=O)Cc1cccc2ccccc12)N[C@H]1CCCc2ccccc21. The highest BCUT2D eigenvalue weighted by Gasteiger charge is 2.21. The second-order valence-corrected chi connectivity index (χ2v) is 7.19. The van der Waals surface area contributed by atoms with E-state index in [9.17, 15) is 9.59 Å². The molecule has 1 aliphatic rings. The van der Waals surface area contributed by atoms with Gasteiger partial charge in [0.25, 0.3) is 5.91 Å². The molecule has 0 spiro atoms. The summed E-state index contributed by atoms with van der Waals surface area (Å²) in [5, 5.41) is 5.13. The Morgan fingerprint density at radius 1 is 0.964 bits per heavy atom. The molecule has 0 saturated carbocycles. The number of hydrogen-bond acceptors (Lipinski definition) is 3. The molecule has 0 bridgehead atoms. The number of rotatable bonds is 5. The van der Waals surface area contributed by atoms with E-state index < -0.39 is 5.97 Å². The lowest BCUT2D eigenvalue weighted by atomic mass is 9.88. The van der Waals surface area contributed by atoms with Gasteiger partial charge in [-0.05, 0) is 46.7 Å². The van der Waals surface area contributed by atoms with Crippen molar-refractivity contribution in [2.75, 3.05) is 6.61 Å². The summed E-state index contributed by atoms with van der Waals surface area (Å²) in [4.78, 5) is 24.6. The topological polar surface area (TPSA) is 55.4 Å². The van der Waals surface area contributed by atoms with Crippen LogP contribution in [0.15, 0.2) is 66.7 Å². The fourth-order valence-electron chi connectivity index (χ4n) is 3.94. The largest absolute Gasteiger partial charge is 0.455 e. The Labute approximate surface area is 164 Å². The molecule has 3 aromatic rings. The molecule has 4 nitrogen and oxygen atoms in total. The molecule has 4 rings (SSSR count). The molecule has 1 amide bonds. The molecule has 3 aromatic carbocycles. The van der Waals surface area contributed by atoms with Crippen LogP contribution in [0.2, 0.25) is 0 Å². The minimum atomic E-state index is -0.393. The Morgan fingerprint density at radius 2 is 1.75 bits per heavy atom. The average Bonchev–Trinajstić information content (AvgIpc) is 2.73. The molecule has 1 aliphatic carbocycles. The molecule has 0 unspecified atom stereocenters. The van der Waals surface area contributed by atoms with Crippen molar-refractivity contribution >= 4 is 22.6 Å². The number of amides is 1. The van der Waals surface area contributed by atoms with Crippen LogP contribution in [0.3, 0.4) is 0 Å². The minimum Gasteiger partial charge on any atom is -0.455 e. The minimum absolute atomic E-state index is 0.00535. The van der Waals surface area contributed by atoms with Crippen molar-refractivity contribution in [2.45, 2.75) is 31.7 Å². The molecule has 4 heteroatoms. The first kappa shape index (κ1) is 18.2. The van der Waals surface area contributed by atoms with Gasteiger partial charge < -0.3 is 10.1 Å². The summed E-state index contributed by atoms with van der Waals surface area (Å²) >= 11 is 0. The number of hydrogen-bond donors (Lipinski definition) is 1. The maximum Gasteiger partial charge on any atom is 0.310 e. The molecule has 1 atom stereocenters. The molecule has 0 heterocycles. The first-order valence-electron chi connectivity index (χ1n) is 9.70. The maximum atomic E-state index is 12.3. The fraction of sp³-hybridized carbons (Fsp3) is 0.250. The van der Waals surface area contributed by atoms with Gasteiger partial charge in [0, 0.05) is 0 Å². The number of benzene rings is 3. The summed E-state index contributed by atoms with van der Waals surface area (Å²) < 4.78 is 5.24.